The molecular weight excluding hydrogens is 408 g/mol. The Morgan fingerprint density at radius 3 is 2.10 bits per heavy atom. The maximum absolute atomic E-state index is 11.2. The minimum atomic E-state index is -0.764. The Hall–Kier alpha value is -2.16. The Labute approximate surface area is 182 Å². The molecule has 0 aliphatic heterocycles. The Kier molecular flexibility index (Phi) is 17.5. The molecule has 1 N–H and O–H groups in total. The van der Waals surface area contributed by atoms with E-state index in [0.717, 1.165) is 44.3 Å². The molecule has 0 aliphatic rings. The van der Waals surface area contributed by atoms with Gasteiger partial charge >= 0.3 is 5.97 Å². The van der Waals surface area contributed by atoms with Gasteiger partial charge in [0.25, 0.3) is 0 Å². The van der Waals surface area contributed by atoms with Gasteiger partial charge in [0.1, 0.15) is 0 Å². The highest BCUT2D eigenvalue weighted by atomic mass is 32.2. The zero-order valence-corrected chi connectivity index (χ0v) is 18.6. The lowest BCUT2D eigenvalue weighted by atomic mass is 10.1. The largest absolute Gasteiger partial charge is 0.481 e. The predicted octanol–water partition coefficient (Wildman–Crippen LogP) is 5.99. The van der Waals surface area contributed by atoms with E-state index >= 15 is 0 Å². The number of allylic oxidation sites excluding steroid dienone is 5. The molecule has 0 bridgehead atoms. The fraction of sp³-hybridized carbons (Fsp3) is 0.667. The standard InChI is InChI=1S/C21H34N2O6S/c1-2-3-4-9-12-19(22(26)27)14-15-20(23(28)29)13-10-7-5-6-8-11-17-30-18-16-21(24)25/h3-4,12,15H,2,5-11,13-14,16-18H2,1H3,(H,24,25)/b4-3+,19-12-,20-15-. The van der Waals surface area contributed by atoms with Crippen molar-refractivity contribution in [2.24, 2.45) is 0 Å². The third-order valence-electron chi connectivity index (χ3n) is 4.34. The van der Waals surface area contributed by atoms with Crippen molar-refractivity contribution < 1.29 is 19.7 Å². The molecule has 0 saturated heterocycles. The Balaban J connectivity index is 4.13. The molecule has 0 amide bonds. The highest BCUT2D eigenvalue weighted by Gasteiger charge is 2.14. The van der Waals surface area contributed by atoms with E-state index in [-0.39, 0.29) is 24.2 Å². The molecule has 0 rings (SSSR count). The van der Waals surface area contributed by atoms with E-state index in [1.54, 1.807) is 11.8 Å². The summed E-state index contributed by atoms with van der Waals surface area (Å²) in [6.07, 6.45) is 14.2. The van der Waals surface area contributed by atoms with Crippen molar-refractivity contribution in [2.75, 3.05) is 11.5 Å². The van der Waals surface area contributed by atoms with Crippen LogP contribution >= 0.6 is 11.8 Å². The first kappa shape index (κ1) is 27.8. The van der Waals surface area contributed by atoms with Gasteiger partial charge in [-0.1, -0.05) is 44.8 Å². The lowest BCUT2D eigenvalue weighted by Crippen LogP contribution is -2.02. The monoisotopic (exact) mass is 442 g/mol. The molecule has 0 aliphatic carbocycles. The molecule has 0 atom stereocenters. The summed E-state index contributed by atoms with van der Waals surface area (Å²) < 4.78 is 0. The molecule has 0 heterocycles. The number of unbranched alkanes of at least 4 members (excludes halogenated alkanes) is 5. The van der Waals surface area contributed by atoms with E-state index in [0.29, 0.717) is 25.0 Å². The van der Waals surface area contributed by atoms with Crippen LogP contribution in [-0.2, 0) is 4.79 Å². The van der Waals surface area contributed by atoms with Gasteiger partial charge < -0.3 is 5.11 Å². The number of nitrogens with zero attached hydrogens (tertiary/aromatic N) is 2. The SMILES string of the molecule is CC/C=C/C/C=C(/C/C=C(/CCCCCCCCSCCC(=O)O)[N+](=O)[O-])[N+](=O)[O-]. The number of carboxylic acid groups (broad SMARTS) is 1. The number of aliphatic carboxylic acids is 1. The van der Waals surface area contributed by atoms with Gasteiger partial charge in [-0.25, -0.2) is 0 Å². The molecule has 0 radical (unpaired) electrons. The van der Waals surface area contributed by atoms with Crippen LogP contribution in [0, 0.1) is 20.2 Å². The van der Waals surface area contributed by atoms with Crippen LogP contribution in [0.3, 0.4) is 0 Å². The van der Waals surface area contributed by atoms with Crippen molar-refractivity contribution in [1.29, 1.82) is 0 Å². The number of thioether (sulfide) groups is 1. The quantitative estimate of drug-likeness (QED) is 0.113. The van der Waals surface area contributed by atoms with Crippen molar-refractivity contribution in [3.05, 3.63) is 55.9 Å². The zero-order chi connectivity index (χ0) is 22.6. The topological polar surface area (TPSA) is 124 Å². The van der Waals surface area contributed by atoms with Crippen molar-refractivity contribution in [3.63, 3.8) is 0 Å². The number of carboxylic acids is 1. The van der Waals surface area contributed by atoms with Gasteiger partial charge in [0.05, 0.1) is 22.7 Å². The van der Waals surface area contributed by atoms with Crippen LogP contribution in [0.2, 0.25) is 0 Å². The van der Waals surface area contributed by atoms with Crippen molar-refractivity contribution in [3.8, 4) is 0 Å². The first-order chi connectivity index (χ1) is 14.4. The summed E-state index contributed by atoms with van der Waals surface area (Å²) in [6.45, 7) is 1.98. The number of rotatable bonds is 19. The lowest BCUT2D eigenvalue weighted by Gasteiger charge is -2.02. The fourth-order valence-electron chi connectivity index (χ4n) is 2.67. The maximum atomic E-state index is 11.2. The summed E-state index contributed by atoms with van der Waals surface area (Å²) in [5, 5.41) is 30.9. The molecule has 0 aromatic carbocycles. The van der Waals surface area contributed by atoms with Crippen molar-refractivity contribution >= 4 is 17.7 Å². The zero-order valence-electron chi connectivity index (χ0n) is 17.8. The van der Waals surface area contributed by atoms with Gasteiger partial charge in [-0.15, -0.1) is 0 Å². The van der Waals surface area contributed by atoms with E-state index < -0.39 is 15.8 Å². The smallest absolute Gasteiger partial charge is 0.304 e. The van der Waals surface area contributed by atoms with Gasteiger partial charge in [-0.05, 0) is 43.6 Å². The molecule has 8 nitrogen and oxygen atoms in total. The van der Waals surface area contributed by atoms with E-state index in [4.69, 9.17) is 5.11 Å². The molecular formula is C21H34N2O6S. The van der Waals surface area contributed by atoms with Gasteiger partial charge in [0, 0.05) is 12.2 Å². The molecule has 0 aromatic heterocycles. The van der Waals surface area contributed by atoms with Crippen LogP contribution in [0.25, 0.3) is 0 Å². The minimum absolute atomic E-state index is 0.0173. The van der Waals surface area contributed by atoms with E-state index in [9.17, 15) is 25.0 Å². The minimum Gasteiger partial charge on any atom is -0.481 e. The molecule has 0 spiro atoms. The van der Waals surface area contributed by atoms with Gasteiger partial charge in [-0.2, -0.15) is 11.8 Å². The first-order valence-electron chi connectivity index (χ1n) is 10.5. The maximum Gasteiger partial charge on any atom is 0.304 e. The van der Waals surface area contributed by atoms with Crippen molar-refractivity contribution in [1.82, 2.24) is 0 Å². The summed E-state index contributed by atoms with van der Waals surface area (Å²) in [7, 11) is 0. The van der Waals surface area contributed by atoms with E-state index in [2.05, 4.69) is 0 Å². The summed E-state index contributed by atoms with van der Waals surface area (Å²) >= 11 is 1.65. The van der Waals surface area contributed by atoms with Crippen LogP contribution in [0.1, 0.15) is 77.6 Å². The number of hydrogen-bond donors (Lipinski definition) is 1. The Morgan fingerprint density at radius 2 is 1.50 bits per heavy atom. The molecule has 0 aromatic rings. The lowest BCUT2D eigenvalue weighted by molar-refractivity contribution is -0.432. The average Bonchev–Trinajstić information content (AvgIpc) is 2.68. The predicted molar refractivity (Wildman–Crippen MR) is 121 cm³/mol. The van der Waals surface area contributed by atoms with Gasteiger partial charge in [-0.3, -0.25) is 25.0 Å². The molecule has 0 saturated carbocycles. The molecule has 9 heteroatoms. The van der Waals surface area contributed by atoms with Crippen LogP contribution < -0.4 is 0 Å². The molecule has 0 fully saturated rings. The van der Waals surface area contributed by atoms with Crippen LogP contribution in [0.5, 0.6) is 0 Å². The summed E-state index contributed by atoms with van der Waals surface area (Å²) in [5.41, 5.74) is 0.0259. The fourth-order valence-corrected chi connectivity index (χ4v) is 3.60. The second-order valence-corrected chi connectivity index (χ2v) is 8.08. The normalized spacial score (nSPS) is 12.4. The summed E-state index contributed by atoms with van der Waals surface area (Å²) in [4.78, 5) is 31.8. The first-order valence-corrected chi connectivity index (χ1v) is 11.6. The third-order valence-corrected chi connectivity index (χ3v) is 5.41. The highest BCUT2D eigenvalue weighted by molar-refractivity contribution is 7.99. The summed E-state index contributed by atoms with van der Waals surface area (Å²) in [5.74, 6) is 0.844. The van der Waals surface area contributed by atoms with Crippen LogP contribution in [0.4, 0.5) is 0 Å². The molecule has 0 unspecified atom stereocenters. The Morgan fingerprint density at radius 1 is 0.867 bits per heavy atom. The summed E-state index contributed by atoms with van der Waals surface area (Å²) in [6, 6.07) is 0. The van der Waals surface area contributed by atoms with Gasteiger partial charge in [0.2, 0.25) is 11.4 Å². The second-order valence-electron chi connectivity index (χ2n) is 6.85. The number of nitro groups is 2. The number of hydrogen-bond acceptors (Lipinski definition) is 6. The van der Waals surface area contributed by atoms with Crippen LogP contribution in [0.15, 0.2) is 35.7 Å². The highest BCUT2D eigenvalue weighted by Crippen LogP contribution is 2.16. The Bertz CT molecular complexity index is 617. The molecule has 170 valence electrons. The van der Waals surface area contributed by atoms with E-state index in [1.807, 2.05) is 19.1 Å². The van der Waals surface area contributed by atoms with Crippen LogP contribution in [-0.4, -0.2) is 32.4 Å². The number of carbonyl (C=O) groups is 1. The average molecular weight is 443 g/mol. The molecule has 30 heavy (non-hydrogen) atoms. The third kappa shape index (κ3) is 16.8. The van der Waals surface area contributed by atoms with Gasteiger partial charge in [0.15, 0.2) is 0 Å². The second kappa shape index (κ2) is 18.8. The van der Waals surface area contributed by atoms with E-state index in [1.165, 1.54) is 12.2 Å². The van der Waals surface area contributed by atoms with Crippen molar-refractivity contribution in [2.45, 2.75) is 77.6 Å².